The molecule has 0 aliphatic carbocycles. The average Bonchev–Trinajstić information content (AvgIpc) is 2.80. The molecule has 1 unspecified atom stereocenters. The molecule has 0 saturated carbocycles. The van der Waals surface area contributed by atoms with Crippen LogP contribution in [0.4, 0.5) is 0 Å². The zero-order valence-corrected chi connectivity index (χ0v) is 12.7. The number of thiazole rings is 1. The van der Waals surface area contributed by atoms with Crippen molar-refractivity contribution in [2.75, 3.05) is 25.9 Å². The molecule has 7 heteroatoms. The van der Waals surface area contributed by atoms with Gasteiger partial charge in [-0.3, -0.25) is 0 Å². The van der Waals surface area contributed by atoms with Crippen molar-refractivity contribution in [1.82, 2.24) is 14.6 Å². The molecule has 0 bridgehead atoms. The zero-order chi connectivity index (χ0) is 13.6. The Morgan fingerprint density at radius 1 is 1.56 bits per heavy atom. The van der Waals surface area contributed by atoms with Crippen LogP contribution in [0.3, 0.4) is 0 Å². The summed E-state index contributed by atoms with van der Waals surface area (Å²) in [5.41, 5.74) is 2.85. The number of nitrogens with zero attached hydrogens (tertiary/aromatic N) is 2. The second kappa shape index (κ2) is 7.18. The highest BCUT2D eigenvalue weighted by Gasteiger charge is 2.13. The standard InChI is InChI=1S/C11H21N3O2S2/c1-4-14(18(3,15)16)7-5-6-12-10(2)11-8-17-9-13-11/h8-10,12H,4-7H2,1-3H3. The molecule has 1 N–H and O–H groups in total. The summed E-state index contributed by atoms with van der Waals surface area (Å²) in [5.74, 6) is 0. The maximum absolute atomic E-state index is 11.4. The van der Waals surface area contributed by atoms with E-state index in [1.807, 2.05) is 17.8 Å². The number of sulfonamides is 1. The molecule has 0 saturated heterocycles. The lowest BCUT2D eigenvalue weighted by atomic mass is 10.2. The van der Waals surface area contributed by atoms with Crippen LogP contribution in [0.1, 0.15) is 32.0 Å². The first-order valence-electron chi connectivity index (χ1n) is 6.01. The molecule has 0 aromatic carbocycles. The molecule has 104 valence electrons. The van der Waals surface area contributed by atoms with E-state index in [1.165, 1.54) is 10.6 Å². The summed E-state index contributed by atoms with van der Waals surface area (Å²) in [5, 5.41) is 5.36. The first-order valence-corrected chi connectivity index (χ1v) is 8.80. The minimum absolute atomic E-state index is 0.213. The van der Waals surface area contributed by atoms with Crippen molar-refractivity contribution in [2.24, 2.45) is 0 Å². The van der Waals surface area contributed by atoms with Crippen LogP contribution in [-0.4, -0.2) is 43.6 Å². The van der Waals surface area contributed by atoms with Crippen LogP contribution in [0.25, 0.3) is 0 Å². The van der Waals surface area contributed by atoms with Crippen LogP contribution < -0.4 is 5.32 Å². The number of hydrogen-bond acceptors (Lipinski definition) is 5. The fraction of sp³-hybridized carbons (Fsp3) is 0.727. The molecule has 1 atom stereocenters. The lowest BCUT2D eigenvalue weighted by Crippen LogP contribution is -2.32. The monoisotopic (exact) mass is 291 g/mol. The quantitative estimate of drug-likeness (QED) is 0.737. The third-order valence-corrected chi connectivity index (χ3v) is 4.74. The molecule has 0 aliphatic rings. The first kappa shape index (κ1) is 15.6. The summed E-state index contributed by atoms with van der Waals surface area (Å²) < 4.78 is 24.2. The SMILES string of the molecule is CCN(CCCNC(C)c1cscn1)S(C)(=O)=O. The maximum Gasteiger partial charge on any atom is 0.211 e. The maximum atomic E-state index is 11.4. The Kier molecular flexibility index (Phi) is 6.20. The van der Waals surface area contributed by atoms with Gasteiger partial charge in [-0.1, -0.05) is 6.92 Å². The molecule has 5 nitrogen and oxygen atoms in total. The molecular weight excluding hydrogens is 270 g/mol. The van der Waals surface area contributed by atoms with Crippen molar-refractivity contribution < 1.29 is 8.42 Å². The minimum Gasteiger partial charge on any atom is -0.309 e. The molecule has 0 aliphatic heterocycles. The lowest BCUT2D eigenvalue weighted by molar-refractivity contribution is 0.413. The number of nitrogens with one attached hydrogen (secondary N) is 1. The number of rotatable bonds is 8. The van der Waals surface area contributed by atoms with Gasteiger partial charge in [0, 0.05) is 24.5 Å². The molecule has 18 heavy (non-hydrogen) atoms. The smallest absolute Gasteiger partial charge is 0.211 e. The molecule has 0 spiro atoms. The number of aromatic nitrogens is 1. The fourth-order valence-corrected chi connectivity index (χ4v) is 3.25. The van der Waals surface area contributed by atoms with E-state index in [0.717, 1.165) is 18.7 Å². The van der Waals surface area contributed by atoms with Crippen molar-refractivity contribution in [3.63, 3.8) is 0 Å². The fourth-order valence-electron chi connectivity index (χ4n) is 1.67. The van der Waals surface area contributed by atoms with Crippen LogP contribution >= 0.6 is 11.3 Å². The van der Waals surface area contributed by atoms with E-state index < -0.39 is 10.0 Å². The molecular formula is C11H21N3O2S2. The third-order valence-electron chi connectivity index (χ3n) is 2.75. The second-order valence-electron chi connectivity index (χ2n) is 4.20. The Bertz CT molecular complexity index is 431. The summed E-state index contributed by atoms with van der Waals surface area (Å²) in [4.78, 5) is 4.24. The van der Waals surface area contributed by atoms with Gasteiger partial charge in [-0.05, 0) is 19.9 Å². The molecule has 1 aromatic heterocycles. The van der Waals surface area contributed by atoms with E-state index in [-0.39, 0.29) is 6.04 Å². The third kappa shape index (κ3) is 5.01. The van der Waals surface area contributed by atoms with E-state index in [9.17, 15) is 8.42 Å². The topological polar surface area (TPSA) is 62.3 Å². The summed E-state index contributed by atoms with van der Waals surface area (Å²) in [6.07, 6.45) is 2.05. The van der Waals surface area contributed by atoms with Crippen molar-refractivity contribution in [1.29, 1.82) is 0 Å². The van der Waals surface area contributed by atoms with E-state index in [1.54, 1.807) is 11.3 Å². The van der Waals surface area contributed by atoms with Gasteiger partial charge in [-0.2, -0.15) is 0 Å². The predicted molar refractivity (Wildman–Crippen MR) is 75.2 cm³/mol. The molecule has 0 radical (unpaired) electrons. The average molecular weight is 291 g/mol. The Morgan fingerprint density at radius 2 is 2.28 bits per heavy atom. The molecule has 1 rings (SSSR count). The normalized spacial score (nSPS) is 14.0. The Balaban J connectivity index is 2.26. The Hall–Kier alpha value is -0.500. The van der Waals surface area contributed by atoms with Crippen molar-refractivity contribution >= 4 is 21.4 Å². The highest BCUT2D eigenvalue weighted by Crippen LogP contribution is 2.11. The predicted octanol–water partition coefficient (Wildman–Crippen LogP) is 1.47. The van der Waals surface area contributed by atoms with Crippen LogP contribution in [-0.2, 0) is 10.0 Å². The molecule has 0 fully saturated rings. The van der Waals surface area contributed by atoms with Gasteiger partial charge >= 0.3 is 0 Å². The van der Waals surface area contributed by atoms with Gasteiger partial charge in [0.15, 0.2) is 0 Å². The molecule has 1 aromatic rings. The van der Waals surface area contributed by atoms with Crippen molar-refractivity contribution in [2.45, 2.75) is 26.3 Å². The van der Waals surface area contributed by atoms with Crippen LogP contribution in [0.5, 0.6) is 0 Å². The van der Waals surface area contributed by atoms with Gasteiger partial charge in [-0.25, -0.2) is 17.7 Å². The van der Waals surface area contributed by atoms with E-state index >= 15 is 0 Å². The highest BCUT2D eigenvalue weighted by molar-refractivity contribution is 7.88. The van der Waals surface area contributed by atoms with E-state index in [4.69, 9.17) is 0 Å². The van der Waals surface area contributed by atoms with Crippen LogP contribution in [0.15, 0.2) is 10.9 Å². The van der Waals surface area contributed by atoms with Crippen molar-refractivity contribution in [3.05, 3.63) is 16.6 Å². The number of hydrogen-bond donors (Lipinski definition) is 1. The van der Waals surface area contributed by atoms with Gasteiger partial charge < -0.3 is 5.32 Å². The van der Waals surface area contributed by atoms with Crippen LogP contribution in [0, 0.1) is 0 Å². The summed E-state index contributed by atoms with van der Waals surface area (Å²) >= 11 is 1.58. The second-order valence-corrected chi connectivity index (χ2v) is 6.90. The van der Waals surface area contributed by atoms with Gasteiger partial charge in [-0.15, -0.1) is 11.3 Å². The van der Waals surface area contributed by atoms with Gasteiger partial charge in [0.1, 0.15) is 0 Å². The Labute approximate surface area is 113 Å². The minimum atomic E-state index is -3.06. The zero-order valence-electron chi connectivity index (χ0n) is 11.1. The van der Waals surface area contributed by atoms with E-state index in [0.29, 0.717) is 13.1 Å². The van der Waals surface area contributed by atoms with Gasteiger partial charge in [0.05, 0.1) is 17.5 Å². The van der Waals surface area contributed by atoms with Gasteiger partial charge in [0.25, 0.3) is 0 Å². The molecule has 1 heterocycles. The van der Waals surface area contributed by atoms with Crippen molar-refractivity contribution in [3.8, 4) is 0 Å². The highest BCUT2D eigenvalue weighted by atomic mass is 32.2. The summed E-state index contributed by atoms with van der Waals surface area (Å²) in [6.45, 7) is 5.78. The summed E-state index contributed by atoms with van der Waals surface area (Å²) in [6, 6.07) is 0.213. The van der Waals surface area contributed by atoms with E-state index in [2.05, 4.69) is 17.2 Å². The Morgan fingerprint density at radius 3 is 2.78 bits per heavy atom. The lowest BCUT2D eigenvalue weighted by Gasteiger charge is -2.18. The molecule has 0 amide bonds. The van der Waals surface area contributed by atoms with Gasteiger partial charge in [0.2, 0.25) is 10.0 Å². The largest absolute Gasteiger partial charge is 0.309 e. The summed E-state index contributed by atoms with van der Waals surface area (Å²) in [7, 11) is -3.06. The first-order chi connectivity index (χ1) is 8.45. The van der Waals surface area contributed by atoms with Crippen LogP contribution in [0.2, 0.25) is 0 Å².